The Balaban J connectivity index is 1.42. The molecule has 27 heavy (non-hydrogen) atoms. The summed E-state index contributed by atoms with van der Waals surface area (Å²) in [5.74, 6) is 1.67. The first-order chi connectivity index (χ1) is 13.1. The maximum Gasteiger partial charge on any atom is 0.254 e. The SMILES string of the molecule is Cc1nc(COc2ccc(C(=O)N(C)C3CCc4ccccc43)cc2)no1. The molecule has 1 unspecified atom stereocenters. The predicted octanol–water partition coefficient (Wildman–Crippen LogP) is 3.72. The van der Waals surface area contributed by atoms with Gasteiger partial charge in [0, 0.05) is 19.5 Å². The van der Waals surface area contributed by atoms with Crippen molar-refractivity contribution < 1.29 is 14.1 Å². The highest BCUT2D eigenvalue weighted by atomic mass is 16.5. The van der Waals surface area contributed by atoms with Crippen molar-refractivity contribution in [1.29, 1.82) is 0 Å². The van der Waals surface area contributed by atoms with Crippen molar-refractivity contribution in [1.82, 2.24) is 15.0 Å². The molecule has 4 rings (SSSR count). The number of aromatic nitrogens is 2. The standard InChI is InChI=1S/C21H21N3O3/c1-14-22-20(23-27-14)13-26-17-10-7-16(8-11-17)21(25)24(2)19-12-9-15-5-3-4-6-18(15)19/h3-8,10-11,19H,9,12-13H2,1-2H3. The third-order valence-electron chi connectivity index (χ3n) is 4.93. The number of fused-ring (bicyclic) bond motifs is 1. The lowest BCUT2D eigenvalue weighted by Gasteiger charge is -2.25. The lowest BCUT2D eigenvalue weighted by Crippen LogP contribution is -2.30. The third kappa shape index (κ3) is 3.56. The Labute approximate surface area is 157 Å². The normalized spacial score (nSPS) is 15.4. The summed E-state index contributed by atoms with van der Waals surface area (Å²) in [6.45, 7) is 1.96. The summed E-state index contributed by atoms with van der Waals surface area (Å²) in [5.41, 5.74) is 3.23. The van der Waals surface area contributed by atoms with E-state index in [9.17, 15) is 4.79 Å². The van der Waals surface area contributed by atoms with E-state index in [1.165, 1.54) is 11.1 Å². The van der Waals surface area contributed by atoms with E-state index in [2.05, 4.69) is 28.3 Å². The molecule has 1 aliphatic rings. The largest absolute Gasteiger partial charge is 0.485 e. The van der Waals surface area contributed by atoms with Gasteiger partial charge >= 0.3 is 0 Å². The number of hydrogen-bond donors (Lipinski definition) is 0. The van der Waals surface area contributed by atoms with Crippen LogP contribution in [0, 0.1) is 6.92 Å². The second kappa shape index (κ2) is 7.23. The van der Waals surface area contributed by atoms with Gasteiger partial charge in [-0.3, -0.25) is 4.79 Å². The summed E-state index contributed by atoms with van der Waals surface area (Å²) in [6, 6.07) is 15.6. The van der Waals surface area contributed by atoms with Crippen molar-refractivity contribution in [2.24, 2.45) is 0 Å². The van der Waals surface area contributed by atoms with Gasteiger partial charge < -0.3 is 14.2 Å². The van der Waals surface area contributed by atoms with Gasteiger partial charge in [0.2, 0.25) is 11.7 Å². The van der Waals surface area contributed by atoms with Gasteiger partial charge in [-0.15, -0.1) is 0 Å². The molecule has 0 saturated carbocycles. The monoisotopic (exact) mass is 363 g/mol. The summed E-state index contributed by atoms with van der Waals surface area (Å²) in [4.78, 5) is 18.8. The molecule has 0 N–H and O–H groups in total. The predicted molar refractivity (Wildman–Crippen MR) is 99.4 cm³/mol. The number of carbonyl (C=O) groups excluding carboxylic acids is 1. The highest BCUT2D eigenvalue weighted by Crippen LogP contribution is 2.35. The van der Waals surface area contributed by atoms with Crippen LogP contribution in [0.3, 0.4) is 0 Å². The van der Waals surface area contributed by atoms with Gasteiger partial charge in [-0.25, -0.2) is 0 Å². The molecule has 0 aliphatic heterocycles. The van der Waals surface area contributed by atoms with Crippen LogP contribution in [-0.4, -0.2) is 28.0 Å². The maximum atomic E-state index is 12.9. The molecule has 1 heterocycles. The van der Waals surface area contributed by atoms with Crippen molar-refractivity contribution in [2.75, 3.05) is 7.05 Å². The molecule has 1 amide bonds. The molecule has 0 saturated heterocycles. The number of ether oxygens (including phenoxy) is 1. The van der Waals surface area contributed by atoms with E-state index in [4.69, 9.17) is 9.26 Å². The second-order valence-electron chi connectivity index (χ2n) is 6.71. The zero-order valence-electron chi connectivity index (χ0n) is 15.4. The summed E-state index contributed by atoms with van der Waals surface area (Å²) in [6.07, 6.45) is 1.98. The highest BCUT2D eigenvalue weighted by molar-refractivity contribution is 5.94. The molecular weight excluding hydrogens is 342 g/mol. The average Bonchev–Trinajstić information content (AvgIpc) is 3.31. The quantitative estimate of drug-likeness (QED) is 0.691. The minimum atomic E-state index is 0.0112. The number of nitrogens with zero attached hydrogens (tertiary/aromatic N) is 3. The van der Waals surface area contributed by atoms with Crippen LogP contribution in [0.2, 0.25) is 0 Å². The van der Waals surface area contributed by atoms with Crippen molar-refractivity contribution >= 4 is 5.91 Å². The van der Waals surface area contributed by atoms with Crippen molar-refractivity contribution in [3.63, 3.8) is 0 Å². The first kappa shape index (κ1) is 17.3. The maximum absolute atomic E-state index is 12.9. The molecule has 0 radical (unpaired) electrons. The van der Waals surface area contributed by atoms with Crippen molar-refractivity contribution in [3.8, 4) is 5.75 Å². The highest BCUT2D eigenvalue weighted by Gasteiger charge is 2.28. The van der Waals surface area contributed by atoms with Crippen LogP contribution in [0.4, 0.5) is 0 Å². The number of carbonyl (C=O) groups is 1. The Morgan fingerprint density at radius 2 is 2.00 bits per heavy atom. The molecule has 6 heteroatoms. The Morgan fingerprint density at radius 3 is 2.74 bits per heavy atom. The minimum absolute atomic E-state index is 0.0112. The molecule has 6 nitrogen and oxygen atoms in total. The molecule has 138 valence electrons. The fourth-order valence-corrected chi connectivity index (χ4v) is 3.52. The third-order valence-corrected chi connectivity index (χ3v) is 4.93. The first-order valence-electron chi connectivity index (χ1n) is 8.99. The van der Waals surface area contributed by atoms with Gasteiger partial charge in [-0.2, -0.15) is 4.98 Å². The average molecular weight is 363 g/mol. The Morgan fingerprint density at radius 1 is 1.22 bits per heavy atom. The van der Waals surface area contributed by atoms with E-state index in [0.717, 1.165) is 12.8 Å². The van der Waals surface area contributed by atoms with Crippen LogP contribution in [0.5, 0.6) is 5.75 Å². The number of rotatable bonds is 5. The molecule has 0 bridgehead atoms. The lowest BCUT2D eigenvalue weighted by molar-refractivity contribution is 0.0730. The Bertz CT molecular complexity index is 949. The van der Waals surface area contributed by atoms with Crippen LogP contribution in [0.15, 0.2) is 53.1 Å². The van der Waals surface area contributed by atoms with Gasteiger partial charge in [0.15, 0.2) is 6.61 Å². The fourth-order valence-electron chi connectivity index (χ4n) is 3.52. The smallest absolute Gasteiger partial charge is 0.254 e. The van der Waals surface area contributed by atoms with Crippen molar-refractivity contribution in [2.45, 2.75) is 32.4 Å². The van der Waals surface area contributed by atoms with Crippen LogP contribution in [0.25, 0.3) is 0 Å². The lowest BCUT2D eigenvalue weighted by atomic mass is 10.1. The van der Waals surface area contributed by atoms with E-state index >= 15 is 0 Å². The summed E-state index contributed by atoms with van der Waals surface area (Å²) < 4.78 is 10.5. The van der Waals surface area contributed by atoms with E-state index in [0.29, 0.717) is 23.0 Å². The molecule has 3 aromatic rings. The number of benzene rings is 2. The van der Waals surface area contributed by atoms with E-state index < -0.39 is 0 Å². The van der Waals surface area contributed by atoms with Gasteiger partial charge in [-0.1, -0.05) is 29.4 Å². The molecule has 0 fully saturated rings. The Hall–Kier alpha value is -3.15. The van der Waals surface area contributed by atoms with Gasteiger partial charge in [0.1, 0.15) is 5.75 Å². The van der Waals surface area contributed by atoms with Gasteiger partial charge in [0.05, 0.1) is 6.04 Å². The summed E-state index contributed by atoms with van der Waals surface area (Å²) >= 11 is 0. The molecule has 1 atom stereocenters. The number of amides is 1. The van der Waals surface area contributed by atoms with E-state index in [1.54, 1.807) is 31.2 Å². The van der Waals surface area contributed by atoms with Gasteiger partial charge in [-0.05, 0) is 48.2 Å². The number of aryl methyl sites for hydroxylation is 2. The zero-order chi connectivity index (χ0) is 18.8. The van der Waals surface area contributed by atoms with Crippen LogP contribution in [0.1, 0.15) is 45.7 Å². The van der Waals surface area contributed by atoms with Crippen LogP contribution in [-0.2, 0) is 13.0 Å². The summed E-state index contributed by atoms with van der Waals surface area (Å²) in [7, 11) is 1.87. The molecule has 1 aromatic heterocycles. The van der Waals surface area contributed by atoms with Crippen molar-refractivity contribution in [3.05, 3.63) is 76.9 Å². The van der Waals surface area contributed by atoms with E-state index in [-0.39, 0.29) is 18.6 Å². The molecular formula is C21H21N3O3. The molecule has 1 aliphatic carbocycles. The van der Waals surface area contributed by atoms with Crippen LogP contribution >= 0.6 is 0 Å². The van der Waals surface area contributed by atoms with Gasteiger partial charge in [0.25, 0.3) is 5.91 Å². The first-order valence-corrected chi connectivity index (χ1v) is 8.99. The second-order valence-corrected chi connectivity index (χ2v) is 6.71. The fraction of sp³-hybridized carbons (Fsp3) is 0.286. The Kier molecular flexibility index (Phi) is 4.62. The summed E-state index contributed by atoms with van der Waals surface area (Å²) in [5, 5.41) is 3.79. The topological polar surface area (TPSA) is 68.5 Å². The van der Waals surface area contributed by atoms with Crippen LogP contribution < -0.4 is 4.74 Å². The molecule has 2 aromatic carbocycles. The zero-order valence-corrected chi connectivity index (χ0v) is 15.4. The molecule has 0 spiro atoms. The number of hydrogen-bond acceptors (Lipinski definition) is 5. The van der Waals surface area contributed by atoms with E-state index in [1.807, 2.05) is 18.0 Å². The minimum Gasteiger partial charge on any atom is -0.485 e.